The van der Waals surface area contributed by atoms with Gasteiger partial charge in [0.2, 0.25) is 9.84 Å². The van der Waals surface area contributed by atoms with Crippen molar-refractivity contribution in [3.8, 4) is 11.5 Å². The summed E-state index contributed by atoms with van der Waals surface area (Å²) in [4.78, 5) is 2.14. The summed E-state index contributed by atoms with van der Waals surface area (Å²) in [5, 5.41) is 5.11. The lowest BCUT2D eigenvalue weighted by molar-refractivity contribution is -0.0391. The number of hydrogen-bond acceptors (Lipinski definition) is 4. The van der Waals surface area contributed by atoms with Gasteiger partial charge in [0.1, 0.15) is 11.5 Å². The number of nitrogens with zero attached hydrogens (tertiary/aromatic N) is 1. The van der Waals surface area contributed by atoms with Crippen molar-refractivity contribution < 1.29 is 35.8 Å². The second-order valence-electron chi connectivity index (χ2n) is 5.88. The van der Waals surface area contributed by atoms with E-state index in [-0.39, 0.29) is 11.4 Å². The summed E-state index contributed by atoms with van der Waals surface area (Å²) < 4.78 is 84.1. The van der Waals surface area contributed by atoms with E-state index < -0.39 is 49.4 Å². The van der Waals surface area contributed by atoms with E-state index in [4.69, 9.17) is 11.3 Å². The van der Waals surface area contributed by atoms with E-state index in [9.17, 15) is 31.1 Å². The van der Waals surface area contributed by atoms with E-state index in [0.717, 1.165) is 6.07 Å². The van der Waals surface area contributed by atoms with Crippen LogP contribution in [-0.4, -0.2) is 18.8 Å². The summed E-state index contributed by atoms with van der Waals surface area (Å²) in [6, 6.07) is 5.73. The Morgan fingerprint density at radius 1 is 1.26 bits per heavy atom. The number of alkyl halides is 4. The van der Waals surface area contributed by atoms with Crippen molar-refractivity contribution in [3.63, 3.8) is 0 Å². The zero-order valence-corrected chi connectivity index (χ0v) is 14.4. The van der Waals surface area contributed by atoms with Gasteiger partial charge in [-0.2, -0.15) is 8.78 Å². The van der Waals surface area contributed by atoms with Crippen molar-refractivity contribution >= 4 is 15.5 Å². The van der Waals surface area contributed by atoms with Gasteiger partial charge in [-0.1, -0.05) is 11.6 Å². The average Bonchev–Trinajstić information content (AvgIpc) is 2.71. The molecule has 0 radical (unpaired) electrons. The quantitative estimate of drug-likeness (QED) is 0.599. The zero-order chi connectivity index (χ0) is 20.1. The van der Waals surface area contributed by atoms with E-state index in [1.54, 1.807) is 6.92 Å². The molecule has 1 N–H and O–H groups in total. The molecule has 0 saturated heterocycles. The van der Waals surface area contributed by atoms with E-state index in [1.807, 2.05) is 0 Å². The summed E-state index contributed by atoms with van der Waals surface area (Å²) in [6.07, 6.45) is -6.33. The normalized spacial score (nSPS) is 19.6. The first-order valence-electron chi connectivity index (χ1n) is 7.43. The van der Waals surface area contributed by atoms with E-state index in [0.29, 0.717) is 11.6 Å². The smallest absolute Gasteiger partial charge is 0.379 e. The van der Waals surface area contributed by atoms with E-state index in [2.05, 4.69) is 4.85 Å². The van der Waals surface area contributed by atoms with Crippen LogP contribution in [0.5, 0.6) is 11.5 Å². The lowest BCUT2D eigenvalue weighted by Crippen LogP contribution is -2.28. The second-order valence-corrected chi connectivity index (χ2v) is 7.87. The number of sulfone groups is 1. The topological polar surface area (TPSA) is 68.0 Å². The van der Waals surface area contributed by atoms with Crippen LogP contribution < -0.4 is 4.74 Å². The first-order valence-corrected chi connectivity index (χ1v) is 8.91. The number of hydrogen-bond donors (Lipinski definition) is 1. The number of aliphatic hydroxyl groups is 1. The fraction of sp³-hybridized carbons (Fsp3) is 0.235. The molecule has 0 amide bonds. The third-order valence-electron chi connectivity index (χ3n) is 4.06. The number of benzene rings is 2. The van der Waals surface area contributed by atoms with Gasteiger partial charge in [-0.15, -0.1) is 0 Å². The molecule has 0 aromatic heterocycles. The Morgan fingerprint density at radius 3 is 2.52 bits per heavy atom. The van der Waals surface area contributed by atoms with Gasteiger partial charge in [0, 0.05) is 5.56 Å². The van der Waals surface area contributed by atoms with Crippen LogP contribution in [0.1, 0.15) is 29.2 Å². The van der Waals surface area contributed by atoms with E-state index in [1.165, 1.54) is 18.2 Å². The highest BCUT2D eigenvalue weighted by Crippen LogP contribution is 2.53. The summed E-state index contributed by atoms with van der Waals surface area (Å²) in [7, 11) is -5.31. The monoisotopic (exact) mass is 401 g/mol. The molecule has 0 fully saturated rings. The number of ether oxygens (including phenoxy) is 1. The van der Waals surface area contributed by atoms with Crippen molar-refractivity contribution in [3.05, 3.63) is 58.4 Å². The molecule has 2 aromatic rings. The van der Waals surface area contributed by atoms with Crippen molar-refractivity contribution in [2.75, 3.05) is 0 Å². The van der Waals surface area contributed by atoms with Crippen LogP contribution in [0.2, 0.25) is 0 Å². The Hall–Kier alpha value is -2.64. The first-order chi connectivity index (χ1) is 12.5. The molecule has 1 atom stereocenters. The Balaban J connectivity index is 2.20. The SMILES string of the molecule is [C-]#[N+]c1cc(C)cc(Oc2ccc3c(c2C(F)F)[C@@H](O)C(F)(F)S3(=O)=O)c1. The fourth-order valence-electron chi connectivity index (χ4n) is 2.87. The van der Waals surface area contributed by atoms with Gasteiger partial charge in [-0.25, -0.2) is 22.0 Å². The van der Waals surface area contributed by atoms with Crippen molar-refractivity contribution in [1.29, 1.82) is 0 Å². The van der Waals surface area contributed by atoms with Gasteiger partial charge in [0.25, 0.3) is 6.43 Å². The average molecular weight is 401 g/mol. The van der Waals surface area contributed by atoms with Crippen molar-refractivity contribution in [2.45, 2.75) is 29.6 Å². The molecule has 0 aliphatic carbocycles. The molecule has 27 heavy (non-hydrogen) atoms. The minimum Gasteiger partial charge on any atom is -0.458 e. The molecular weight excluding hydrogens is 390 g/mol. The molecule has 3 rings (SSSR count). The molecule has 5 nitrogen and oxygen atoms in total. The molecule has 1 heterocycles. The second kappa shape index (κ2) is 6.21. The van der Waals surface area contributed by atoms with Gasteiger partial charge < -0.3 is 9.84 Å². The van der Waals surface area contributed by atoms with Gasteiger partial charge >= 0.3 is 5.25 Å². The molecule has 0 bridgehead atoms. The van der Waals surface area contributed by atoms with Crippen LogP contribution in [0.15, 0.2) is 35.2 Å². The Morgan fingerprint density at radius 2 is 1.93 bits per heavy atom. The molecule has 0 unspecified atom stereocenters. The number of halogens is 4. The number of aliphatic hydroxyl groups excluding tert-OH is 1. The van der Waals surface area contributed by atoms with Gasteiger partial charge in [-0.05, 0) is 31.2 Å². The molecule has 142 valence electrons. The van der Waals surface area contributed by atoms with E-state index >= 15 is 0 Å². The molecule has 0 saturated carbocycles. The van der Waals surface area contributed by atoms with Crippen molar-refractivity contribution in [2.24, 2.45) is 0 Å². The Bertz CT molecular complexity index is 1080. The van der Waals surface area contributed by atoms with Crippen LogP contribution in [0.25, 0.3) is 4.85 Å². The molecule has 0 spiro atoms. The summed E-state index contributed by atoms with van der Waals surface area (Å²) in [5.41, 5.74) is -1.46. The minimum atomic E-state index is -5.31. The maximum absolute atomic E-state index is 13.9. The first kappa shape index (κ1) is 19.1. The van der Waals surface area contributed by atoms with Crippen LogP contribution in [-0.2, 0) is 9.84 Å². The highest BCUT2D eigenvalue weighted by atomic mass is 32.2. The fourth-order valence-corrected chi connectivity index (χ4v) is 4.33. The molecule has 10 heteroatoms. The van der Waals surface area contributed by atoms with Crippen LogP contribution in [0, 0.1) is 13.5 Å². The third-order valence-corrected chi connectivity index (χ3v) is 5.93. The van der Waals surface area contributed by atoms with Crippen LogP contribution >= 0.6 is 0 Å². The highest BCUT2D eigenvalue weighted by Gasteiger charge is 2.61. The molecule has 1 aliphatic rings. The zero-order valence-electron chi connectivity index (χ0n) is 13.6. The predicted octanol–water partition coefficient (Wildman–Crippen LogP) is 4.69. The molecule has 1 aliphatic heterocycles. The standard InChI is InChI=1S/C17H11F4NO4S/c1-8-5-9(22-2)7-10(6-8)26-11-3-4-12-14(13(11)16(18)19)15(23)17(20,21)27(12,24)25/h3-7,15-16,23H,1H3/t15-/m1/s1. The highest BCUT2D eigenvalue weighted by molar-refractivity contribution is 7.92. The Kier molecular flexibility index (Phi) is 4.40. The van der Waals surface area contributed by atoms with Crippen LogP contribution in [0.4, 0.5) is 23.2 Å². The van der Waals surface area contributed by atoms with Gasteiger partial charge in [-0.3, -0.25) is 0 Å². The van der Waals surface area contributed by atoms with Crippen LogP contribution in [0.3, 0.4) is 0 Å². The lowest BCUT2D eigenvalue weighted by Gasteiger charge is -2.17. The maximum atomic E-state index is 13.9. The maximum Gasteiger partial charge on any atom is 0.379 e. The Labute approximate surface area is 151 Å². The lowest BCUT2D eigenvalue weighted by atomic mass is 10.0. The summed E-state index contributed by atoms with van der Waals surface area (Å²) in [6.45, 7) is 8.64. The largest absolute Gasteiger partial charge is 0.458 e. The minimum absolute atomic E-state index is 0.00930. The third kappa shape index (κ3) is 2.83. The number of fused-ring (bicyclic) bond motifs is 1. The number of rotatable bonds is 3. The summed E-state index contributed by atoms with van der Waals surface area (Å²) in [5.74, 6) is -0.595. The number of aryl methyl sites for hydroxylation is 1. The summed E-state index contributed by atoms with van der Waals surface area (Å²) >= 11 is 0. The van der Waals surface area contributed by atoms with Crippen molar-refractivity contribution in [1.82, 2.24) is 0 Å². The van der Waals surface area contributed by atoms with Gasteiger partial charge in [0.05, 0.1) is 17.0 Å². The molecule has 2 aromatic carbocycles. The molecular formula is C17H11F4NO4S. The van der Waals surface area contributed by atoms with Gasteiger partial charge in [0.15, 0.2) is 11.8 Å². The predicted molar refractivity (Wildman–Crippen MR) is 86.0 cm³/mol.